The molecule has 0 bridgehead atoms. The van der Waals surface area contributed by atoms with Gasteiger partial charge in [0.2, 0.25) is 5.16 Å². The van der Waals surface area contributed by atoms with Gasteiger partial charge in [-0.25, -0.2) is 14.5 Å². The number of rotatable bonds is 7. The van der Waals surface area contributed by atoms with E-state index in [-0.39, 0.29) is 5.82 Å². The Hall–Kier alpha value is -3.07. The molecular weight excluding hydrogens is 367 g/mol. The second-order valence-corrected chi connectivity index (χ2v) is 6.57. The lowest BCUT2D eigenvalue weighted by atomic mass is 10.1. The number of aromatic nitrogens is 3. The Labute approximate surface area is 160 Å². The third-order valence-electron chi connectivity index (χ3n) is 3.78. The van der Waals surface area contributed by atoms with Crippen LogP contribution in [0.15, 0.2) is 58.8 Å². The van der Waals surface area contributed by atoms with Gasteiger partial charge in [0.25, 0.3) is 5.95 Å². The maximum atomic E-state index is 12.9. The molecule has 3 rings (SSSR count). The van der Waals surface area contributed by atoms with Gasteiger partial charge in [-0.2, -0.15) is 5.10 Å². The van der Waals surface area contributed by atoms with Gasteiger partial charge in [0.15, 0.2) is 0 Å². The second kappa shape index (κ2) is 8.54. The molecule has 7 nitrogen and oxygen atoms in total. The molecule has 0 unspecified atom stereocenters. The zero-order valence-electron chi connectivity index (χ0n) is 14.9. The minimum absolute atomic E-state index is 0.262. The van der Waals surface area contributed by atoms with Gasteiger partial charge in [-0.3, -0.25) is 0 Å². The highest BCUT2D eigenvalue weighted by Crippen LogP contribution is 2.22. The summed E-state index contributed by atoms with van der Waals surface area (Å²) in [6.07, 6.45) is 0. The normalized spacial score (nSPS) is 11.4. The van der Waals surface area contributed by atoms with Crippen LogP contribution in [0.2, 0.25) is 0 Å². The molecule has 0 atom stereocenters. The van der Waals surface area contributed by atoms with Gasteiger partial charge >= 0.3 is 0 Å². The molecule has 2 aromatic carbocycles. The summed E-state index contributed by atoms with van der Waals surface area (Å²) in [7, 11) is 1.62. The lowest BCUT2D eigenvalue weighted by Crippen LogP contribution is -2.13. The van der Waals surface area contributed by atoms with E-state index in [1.165, 1.54) is 28.6 Å². The van der Waals surface area contributed by atoms with Crippen molar-refractivity contribution in [2.24, 2.45) is 5.10 Å². The lowest BCUT2D eigenvalue weighted by Gasteiger charge is -2.05. The van der Waals surface area contributed by atoms with Gasteiger partial charge < -0.3 is 10.6 Å². The molecule has 1 aromatic heterocycles. The molecular formula is C18H19FN6OS. The van der Waals surface area contributed by atoms with Crippen LogP contribution < -0.4 is 16.0 Å². The van der Waals surface area contributed by atoms with Crippen LogP contribution in [-0.2, 0) is 5.75 Å². The highest BCUT2D eigenvalue weighted by Gasteiger charge is 2.10. The van der Waals surface area contributed by atoms with Crippen LogP contribution >= 0.6 is 11.8 Å². The molecule has 0 aliphatic carbocycles. The molecule has 140 valence electrons. The van der Waals surface area contributed by atoms with Crippen LogP contribution in [0.4, 0.5) is 10.3 Å². The topological polar surface area (TPSA) is 90.3 Å². The third-order valence-corrected chi connectivity index (χ3v) is 4.79. The van der Waals surface area contributed by atoms with E-state index in [0.717, 1.165) is 22.6 Å². The minimum Gasteiger partial charge on any atom is -0.497 e. The fourth-order valence-electron chi connectivity index (χ4n) is 2.21. The fourth-order valence-corrected chi connectivity index (χ4v) is 3.02. The molecule has 0 saturated heterocycles. The van der Waals surface area contributed by atoms with Crippen LogP contribution in [0.25, 0.3) is 0 Å². The number of nitrogens with zero attached hydrogens (tertiary/aromatic N) is 4. The van der Waals surface area contributed by atoms with Crippen molar-refractivity contribution in [2.45, 2.75) is 17.8 Å². The zero-order valence-corrected chi connectivity index (χ0v) is 15.7. The Bertz CT molecular complexity index is 924. The average molecular weight is 386 g/mol. The van der Waals surface area contributed by atoms with Crippen molar-refractivity contribution in [3.8, 4) is 5.75 Å². The van der Waals surface area contributed by atoms with Crippen molar-refractivity contribution < 1.29 is 9.13 Å². The molecule has 0 amide bonds. The summed E-state index contributed by atoms with van der Waals surface area (Å²) in [6, 6.07) is 13.9. The molecule has 9 heteroatoms. The van der Waals surface area contributed by atoms with E-state index in [4.69, 9.17) is 10.6 Å². The van der Waals surface area contributed by atoms with E-state index in [1.54, 1.807) is 19.2 Å². The number of hydrogen-bond donors (Lipinski definition) is 2. The molecule has 1 heterocycles. The summed E-state index contributed by atoms with van der Waals surface area (Å²) in [5.74, 6) is 7.46. The van der Waals surface area contributed by atoms with Gasteiger partial charge in [-0.05, 0) is 54.4 Å². The predicted octanol–water partition coefficient (Wildman–Crippen LogP) is 3.27. The molecule has 0 aliphatic rings. The van der Waals surface area contributed by atoms with Crippen molar-refractivity contribution in [1.82, 2.24) is 14.9 Å². The minimum atomic E-state index is -0.262. The summed E-state index contributed by atoms with van der Waals surface area (Å²) < 4.78 is 19.4. The SMILES string of the molecule is COc1ccc(/C(C)=N/Nc2nnc(SCc3ccc(F)cc3)n2N)cc1. The Kier molecular flexibility index (Phi) is 5.92. The number of methoxy groups -OCH3 is 1. The highest BCUT2D eigenvalue weighted by atomic mass is 32.2. The molecule has 0 spiro atoms. The first-order chi connectivity index (χ1) is 13.1. The summed E-state index contributed by atoms with van der Waals surface area (Å²) >= 11 is 1.40. The number of thioether (sulfide) groups is 1. The molecule has 0 radical (unpaired) electrons. The van der Waals surface area contributed by atoms with Gasteiger partial charge in [0.05, 0.1) is 12.8 Å². The Morgan fingerprint density at radius 3 is 2.56 bits per heavy atom. The number of ether oxygens (including phenoxy) is 1. The van der Waals surface area contributed by atoms with Crippen LogP contribution in [0.1, 0.15) is 18.1 Å². The smallest absolute Gasteiger partial charge is 0.264 e. The Morgan fingerprint density at radius 2 is 1.89 bits per heavy atom. The Morgan fingerprint density at radius 1 is 1.19 bits per heavy atom. The number of benzene rings is 2. The second-order valence-electron chi connectivity index (χ2n) is 5.63. The standard InChI is InChI=1S/C18H19FN6OS/c1-12(14-5-9-16(26-2)10-6-14)21-22-17-23-24-18(25(17)20)27-11-13-3-7-15(19)8-4-13/h3-10H,11,20H2,1-2H3,(H,22,23)/b21-12+. The van der Waals surface area contributed by atoms with Crippen molar-refractivity contribution in [3.05, 3.63) is 65.5 Å². The Balaban J connectivity index is 1.63. The van der Waals surface area contributed by atoms with Crippen LogP contribution in [0.5, 0.6) is 5.75 Å². The van der Waals surface area contributed by atoms with E-state index < -0.39 is 0 Å². The quantitative estimate of drug-likeness (QED) is 0.280. The molecule has 3 aromatic rings. The number of nitrogen functional groups attached to an aromatic ring is 1. The summed E-state index contributed by atoms with van der Waals surface area (Å²) in [4.78, 5) is 0. The highest BCUT2D eigenvalue weighted by molar-refractivity contribution is 7.98. The first kappa shape index (κ1) is 18.7. The molecule has 0 saturated carbocycles. The number of nitrogens with two attached hydrogens (primary N) is 1. The zero-order chi connectivity index (χ0) is 19.2. The molecule has 3 N–H and O–H groups in total. The number of anilines is 1. The summed E-state index contributed by atoms with van der Waals surface area (Å²) in [5, 5.41) is 12.9. The number of hydrazone groups is 1. The predicted molar refractivity (Wildman–Crippen MR) is 105 cm³/mol. The van der Waals surface area contributed by atoms with Crippen molar-refractivity contribution in [2.75, 3.05) is 18.4 Å². The van der Waals surface area contributed by atoms with Crippen molar-refractivity contribution in [1.29, 1.82) is 0 Å². The van der Waals surface area contributed by atoms with Gasteiger partial charge in [-0.15, -0.1) is 10.2 Å². The van der Waals surface area contributed by atoms with Crippen molar-refractivity contribution in [3.63, 3.8) is 0 Å². The monoisotopic (exact) mass is 386 g/mol. The average Bonchev–Trinajstić information content (AvgIpc) is 3.05. The van der Waals surface area contributed by atoms with Gasteiger partial charge in [0.1, 0.15) is 11.6 Å². The summed E-state index contributed by atoms with van der Waals surface area (Å²) in [5.41, 5.74) is 5.50. The fraction of sp³-hybridized carbons (Fsp3) is 0.167. The maximum Gasteiger partial charge on any atom is 0.264 e. The van der Waals surface area contributed by atoms with Crippen molar-refractivity contribution >= 4 is 23.4 Å². The first-order valence-corrected chi connectivity index (χ1v) is 9.08. The van der Waals surface area contributed by atoms with Crippen LogP contribution in [0.3, 0.4) is 0 Å². The van der Waals surface area contributed by atoms with E-state index >= 15 is 0 Å². The van der Waals surface area contributed by atoms with E-state index in [9.17, 15) is 4.39 Å². The molecule has 0 aliphatic heterocycles. The van der Waals surface area contributed by atoms with Crippen LogP contribution in [0, 0.1) is 5.82 Å². The van der Waals surface area contributed by atoms with Crippen LogP contribution in [-0.4, -0.2) is 27.7 Å². The molecule has 27 heavy (non-hydrogen) atoms. The maximum absolute atomic E-state index is 12.9. The first-order valence-electron chi connectivity index (χ1n) is 8.09. The number of halogens is 1. The third kappa shape index (κ3) is 4.76. The summed E-state index contributed by atoms with van der Waals surface area (Å²) in [6.45, 7) is 1.87. The van der Waals surface area contributed by atoms with E-state index in [2.05, 4.69) is 20.7 Å². The van der Waals surface area contributed by atoms with Gasteiger partial charge in [0, 0.05) is 5.75 Å². The lowest BCUT2D eigenvalue weighted by molar-refractivity contribution is 0.415. The van der Waals surface area contributed by atoms with E-state index in [1.807, 2.05) is 31.2 Å². The number of hydrogen-bond acceptors (Lipinski definition) is 7. The van der Waals surface area contributed by atoms with E-state index in [0.29, 0.717) is 16.9 Å². The molecule has 0 fully saturated rings. The number of nitrogens with one attached hydrogen (secondary N) is 1. The largest absolute Gasteiger partial charge is 0.497 e. The van der Waals surface area contributed by atoms with Gasteiger partial charge in [-0.1, -0.05) is 23.9 Å².